The minimum Gasteiger partial charge on any atom is -0.385 e. The SMILES string of the molecule is OC1(c2cccc(C(F)(F)F)c2)CC2CCC1C2. The molecule has 0 saturated heterocycles. The van der Waals surface area contributed by atoms with Gasteiger partial charge in [-0.1, -0.05) is 12.1 Å². The molecule has 98 valence electrons. The van der Waals surface area contributed by atoms with Gasteiger partial charge in [0.15, 0.2) is 0 Å². The van der Waals surface area contributed by atoms with Crippen LogP contribution in [0.15, 0.2) is 24.3 Å². The molecular weight excluding hydrogens is 241 g/mol. The maximum atomic E-state index is 12.7. The molecule has 2 aliphatic rings. The molecule has 1 aromatic rings. The number of alkyl halides is 3. The predicted molar refractivity (Wildman–Crippen MR) is 60.8 cm³/mol. The number of halogens is 3. The molecule has 18 heavy (non-hydrogen) atoms. The fraction of sp³-hybridized carbons (Fsp3) is 0.571. The van der Waals surface area contributed by atoms with Gasteiger partial charge in [0.1, 0.15) is 0 Å². The monoisotopic (exact) mass is 256 g/mol. The third kappa shape index (κ3) is 1.74. The molecule has 2 fully saturated rings. The van der Waals surface area contributed by atoms with Crippen molar-refractivity contribution in [3.05, 3.63) is 35.4 Å². The van der Waals surface area contributed by atoms with E-state index in [1.165, 1.54) is 6.07 Å². The van der Waals surface area contributed by atoms with Crippen molar-refractivity contribution in [2.24, 2.45) is 11.8 Å². The number of hydrogen-bond donors (Lipinski definition) is 1. The van der Waals surface area contributed by atoms with Gasteiger partial charge >= 0.3 is 6.18 Å². The largest absolute Gasteiger partial charge is 0.416 e. The standard InChI is InChI=1S/C14H15F3O/c15-14(16,17)12-3-1-2-10(7-12)13(18)8-9-4-5-11(13)6-9/h1-3,7,9,11,18H,4-6,8H2. The third-order valence-electron chi connectivity index (χ3n) is 4.51. The molecule has 3 unspecified atom stereocenters. The zero-order valence-corrected chi connectivity index (χ0v) is 9.87. The van der Waals surface area contributed by atoms with Gasteiger partial charge in [-0.25, -0.2) is 0 Å². The molecule has 0 amide bonds. The minimum absolute atomic E-state index is 0.131. The van der Waals surface area contributed by atoms with Crippen molar-refractivity contribution >= 4 is 0 Å². The number of hydrogen-bond acceptors (Lipinski definition) is 1. The summed E-state index contributed by atoms with van der Waals surface area (Å²) in [4.78, 5) is 0. The quantitative estimate of drug-likeness (QED) is 0.812. The van der Waals surface area contributed by atoms with Crippen LogP contribution in [0.2, 0.25) is 0 Å². The summed E-state index contributed by atoms with van der Waals surface area (Å²) in [5, 5.41) is 10.7. The molecule has 3 rings (SSSR count). The predicted octanol–water partition coefficient (Wildman–Crippen LogP) is 3.71. The highest BCUT2D eigenvalue weighted by molar-refractivity contribution is 5.32. The van der Waals surface area contributed by atoms with E-state index in [4.69, 9.17) is 0 Å². The van der Waals surface area contributed by atoms with Gasteiger partial charge in [-0.2, -0.15) is 13.2 Å². The molecule has 3 atom stereocenters. The average molecular weight is 256 g/mol. The van der Waals surface area contributed by atoms with Crippen LogP contribution < -0.4 is 0 Å². The second-order valence-electron chi connectivity index (χ2n) is 5.58. The first-order valence-corrected chi connectivity index (χ1v) is 6.30. The van der Waals surface area contributed by atoms with E-state index >= 15 is 0 Å². The van der Waals surface area contributed by atoms with Crippen LogP contribution in [-0.4, -0.2) is 5.11 Å². The Kier molecular flexibility index (Phi) is 2.49. The van der Waals surface area contributed by atoms with Gasteiger partial charge in [0.05, 0.1) is 11.2 Å². The molecule has 0 aliphatic heterocycles. The summed E-state index contributed by atoms with van der Waals surface area (Å²) in [5.41, 5.74) is -1.27. The van der Waals surface area contributed by atoms with Gasteiger partial charge in [-0.3, -0.25) is 0 Å². The molecule has 1 N–H and O–H groups in total. The van der Waals surface area contributed by atoms with Gasteiger partial charge < -0.3 is 5.11 Å². The molecule has 2 saturated carbocycles. The fourth-order valence-electron chi connectivity index (χ4n) is 3.62. The molecule has 0 heterocycles. The van der Waals surface area contributed by atoms with Crippen LogP contribution in [0, 0.1) is 11.8 Å². The van der Waals surface area contributed by atoms with E-state index in [-0.39, 0.29) is 5.92 Å². The molecule has 0 aromatic heterocycles. The van der Waals surface area contributed by atoms with E-state index in [2.05, 4.69) is 0 Å². The van der Waals surface area contributed by atoms with Crippen molar-refractivity contribution in [1.82, 2.24) is 0 Å². The summed E-state index contributed by atoms with van der Waals surface area (Å²) in [6.07, 6.45) is -0.751. The second kappa shape index (κ2) is 3.73. The lowest BCUT2D eigenvalue weighted by Gasteiger charge is -2.33. The Balaban J connectivity index is 1.98. The number of rotatable bonds is 1. The topological polar surface area (TPSA) is 20.2 Å². The van der Waals surface area contributed by atoms with Gasteiger partial charge in [0, 0.05) is 0 Å². The summed E-state index contributed by atoms with van der Waals surface area (Å²) in [6.45, 7) is 0. The molecule has 1 aromatic carbocycles. The highest BCUT2D eigenvalue weighted by atomic mass is 19.4. The molecule has 2 aliphatic carbocycles. The van der Waals surface area contributed by atoms with Crippen LogP contribution >= 0.6 is 0 Å². The highest BCUT2D eigenvalue weighted by Crippen LogP contribution is 2.55. The zero-order valence-electron chi connectivity index (χ0n) is 9.87. The first kappa shape index (κ1) is 12.0. The first-order chi connectivity index (χ1) is 8.39. The van der Waals surface area contributed by atoms with Crippen LogP contribution in [0.3, 0.4) is 0 Å². The lowest BCUT2D eigenvalue weighted by molar-refractivity contribution is -0.137. The highest BCUT2D eigenvalue weighted by Gasteiger charge is 2.51. The van der Waals surface area contributed by atoms with Crippen LogP contribution in [0.4, 0.5) is 13.2 Å². The van der Waals surface area contributed by atoms with Crippen LogP contribution in [0.1, 0.15) is 36.8 Å². The second-order valence-corrected chi connectivity index (χ2v) is 5.58. The minimum atomic E-state index is -4.34. The number of aliphatic hydroxyl groups is 1. The molecular formula is C14H15F3O. The first-order valence-electron chi connectivity index (χ1n) is 6.30. The summed E-state index contributed by atoms with van der Waals surface area (Å²) in [5.74, 6) is 0.612. The maximum Gasteiger partial charge on any atom is 0.416 e. The number of benzene rings is 1. The Hall–Kier alpha value is -1.03. The van der Waals surface area contributed by atoms with E-state index in [9.17, 15) is 18.3 Å². The smallest absolute Gasteiger partial charge is 0.385 e. The van der Waals surface area contributed by atoms with Crippen molar-refractivity contribution in [1.29, 1.82) is 0 Å². The van der Waals surface area contributed by atoms with Crippen molar-refractivity contribution in [3.63, 3.8) is 0 Å². The Morgan fingerprint density at radius 2 is 2.00 bits per heavy atom. The van der Waals surface area contributed by atoms with Crippen LogP contribution in [0.25, 0.3) is 0 Å². The van der Waals surface area contributed by atoms with Gasteiger partial charge in [-0.15, -0.1) is 0 Å². The Morgan fingerprint density at radius 1 is 1.22 bits per heavy atom. The number of fused-ring (bicyclic) bond motifs is 2. The summed E-state index contributed by atoms with van der Waals surface area (Å²) < 4.78 is 38.1. The van der Waals surface area contributed by atoms with Crippen molar-refractivity contribution in [3.8, 4) is 0 Å². The lowest BCUT2D eigenvalue weighted by atomic mass is 9.78. The van der Waals surface area contributed by atoms with Gasteiger partial charge in [-0.05, 0) is 55.2 Å². The van der Waals surface area contributed by atoms with E-state index in [0.29, 0.717) is 17.9 Å². The summed E-state index contributed by atoms with van der Waals surface area (Å²) in [7, 11) is 0. The molecule has 4 heteroatoms. The molecule has 2 bridgehead atoms. The van der Waals surface area contributed by atoms with Crippen molar-refractivity contribution in [2.75, 3.05) is 0 Å². The Morgan fingerprint density at radius 3 is 2.56 bits per heavy atom. The summed E-state index contributed by atoms with van der Waals surface area (Å²) >= 11 is 0. The lowest BCUT2D eigenvalue weighted by Crippen LogP contribution is -2.32. The Bertz CT molecular complexity index is 468. The van der Waals surface area contributed by atoms with Crippen LogP contribution in [-0.2, 0) is 11.8 Å². The Labute approximate surface area is 104 Å². The van der Waals surface area contributed by atoms with E-state index < -0.39 is 17.3 Å². The molecule has 0 radical (unpaired) electrons. The van der Waals surface area contributed by atoms with E-state index in [1.54, 1.807) is 6.07 Å². The van der Waals surface area contributed by atoms with Crippen molar-refractivity contribution < 1.29 is 18.3 Å². The average Bonchev–Trinajstić information content (AvgIpc) is 2.88. The van der Waals surface area contributed by atoms with E-state index in [0.717, 1.165) is 31.4 Å². The maximum absolute atomic E-state index is 12.7. The van der Waals surface area contributed by atoms with Crippen molar-refractivity contribution in [2.45, 2.75) is 37.5 Å². The normalized spacial score (nSPS) is 35.1. The third-order valence-corrected chi connectivity index (χ3v) is 4.51. The fourth-order valence-corrected chi connectivity index (χ4v) is 3.62. The van der Waals surface area contributed by atoms with E-state index in [1.807, 2.05) is 0 Å². The molecule has 0 spiro atoms. The molecule has 1 nitrogen and oxygen atoms in total. The van der Waals surface area contributed by atoms with Crippen LogP contribution in [0.5, 0.6) is 0 Å². The zero-order chi connectivity index (χ0) is 13.0. The van der Waals surface area contributed by atoms with Gasteiger partial charge in [0.2, 0.25) is 0 Å². The summed E-state index contributed by atoms with van der Waals surface area (Å²) in [6, 6.07) is 5.18. The van der Waals surface area contributed by atoms with Gasteiger partial charge in [0.25, 0.3) is 0 Å².